The van der Waals surface area contributed by atoms with Crippen LogP contribution in [0.1, 0.15) is 53.0 Å². The van der Waals surface area contributed by atoms with E-state index in [1.807, 2.05) is 6.07 Å². The van der Waals surface area contributed by atoms with Crippen molar-refractivity contribution in [3.05, 3.63) is 64.3 Å². The van der Waals surface area contributed by atoms with Crippen LogP contribution in [0.3, 0.4) is 0 Å². The predicted molar refractivity (Wildman–Crippen MR) is 130 cm³/mol. The largest absolute Gasteiger partial charge is 0.358 e. The number of hydrogen-bond acceptors (Lipinski definition) is 4. The highest BCUT2D eigenvalue weighted by molar-refractivity contribution is 7.89. The summed E-state index contributed by atoms with van der Waals surface area (Å²) in [5.74, 6) is 0.128. The molecule has 3 aromatic rings. The van der Waals surface area contributed by atoms with E-state index in [-0.39, 0.29) is 16.1 Å². The van der Waals surface area contributed by atoms with Crippen LogP contribution in [0, 0.1) is 12.3 Å². The maximum atomic E-state index is 13.1. The Balaban J connectivity index is 1.33. The number of Topliss-reactive ketones (excluding diaryl/α,β-unsaturated/α-hetero) is 1. The molecule has 0 unspecified atom stereocenters. The van der Waals surface area contributed by atoms with Gasteiger partial charge in [0, 0.05) is 54.8 Å². The van der Waals surface area contributed by atoms with Gasteiger partial charge in [0.2, 0.25) is 10.0 Å². The first kappa shape index (κ1) is 22.3. The normalized spacial score (nSPS) is 18.3. The number of rotatable bonds is 5. The molecular formula is C26H31N3O3S. The molecule has 0 fully saturated rings. The van der Waals surface area contributed by atoms with Gasteiger partial charge in [-0.3, -0.25) is 9.69 Å². The molecule has 0 amide bonds. The summed E-state index contributed by atoms with van der Waals surface area (Å²) in [5.41, 5.74) is 5.63. The molecule has 1 aliphatic heterocycles. The van der Waals surface area contributed by atoms with E-state index in [4.69, 9.17) is 0 Å². The van der Waals surface area contributed by atoms with Crippen LogP contribution in [0.5, 0.6) is 0 Å². The molecule has 7 heteroatoms. The number of carbonyl (C=O) groups is 1. The molecule has 2 aromatic carbocycles. The van der Waals surface area contributed by atoms with Gasteiger partial charge in [-0.2, -0.15) is 0 Å². The summed E-state index contributed by atoms with van der Waals surface area (Å²) in [5, 5.41) is 0.828. The number of aromatic amines is 1. The number of hydrogen-bond donors (Lipinski definition) is 2. The van der Waals surface area contributed by atoms with E-state index in [1.165, 1.54) is 11.1 Å². The molecule has 0 saturated heterocycles. The van der Waals surface area contributed by atoms with Gasteiger partial charge in [0.25, 0.3) is 0 Å². The summed E-state index contributed by atoms with van der Waals surface area (Å²) in [7, 11) is -3.66. The molecule has 6 nitrogen and oxygen atoms in total. The number of fused-ring (bicyclic) bond motifs is 4. The lowest BCUT2D eigenvalue weighted by Crippen LogP contribution is -2.37. The molecule has 0 radical (unpaired) electrons. The molecule has 0 spiro atoms. The van der Waals surface area contributed by atoms with Gasteiger partial charge in [0.15, 0.2) is 5.78 Å². The predicted octanol–water partition coefficient (Wildman–Crippen LogP) is 3.97. The van der Waals surface area contributed by atoms with Crippen molar-refractivity contribution >= 4 is 26.7 Å². The summed E-state index contributed by atoms with van der Waals surface area (Å²) >= 11 is 0. The second-order valence-corrected chi connectivity index (χ2v) is 12.0. The van der Waals surface area contributed by atoms with E-state index in [0.29, 0.717) is 30.6 Å². The van der Waals surface area contributed by atoms with Crippen LogP contribution in [-0.2, 0) is 29.4 Å². The number of sulfonamides is 1. The van der Waals surface area contributed by atoms with Crippen molar-refractivity contribution in [1.82, 2.24) is 14.6 Å². The van der Waals surface area contributed by atoms with Crippen LogP contribution in [-0.4, -0.2) is 43.7 Å². The molecule has 174 valence electrons. The minimum absolute atomic E-state index is 0.0918. The van der Waals surface area contributed by atoms with Crippen molar-refractivity contribution in [1.29, 1.82) is 0 Å². The van der Waals surface area contributed by atoms with Gasteiger partial charge in [-0.15, -0.1) is 0 Å². The standard InChI is InChI=1S/C26H31N3O3S/c1-17-12-20-21(28-22-14-26(2,3)15-23(30)25(20)22)13-24(17)33(31,32)27-9-11-29-10-8-18-6-4-5-7-19(18)16-29/h4-7,12-13,27-28H,8-11,14-16H2,1-3H3. The zero-order valence-electron chi connectivity index (χ0n) is 19.5. The van der Waals surface area contributed by atoms with Crippen molar-refractivity contribution in [2.24, 2.45) is 5.41 Å². The summed E-state index contributed by atoms with van der Waals surface area (Å²) in [6, 6.07) is 12.0. The number of H-pyrrole nitrogens is 1. The third kappa shape index (κ3) is 4.25. The molecule has 33 heavy (non-hydrogen) atoms. The van der Waals surface area contributed by atoms with Gasteiger partial charge in [0.05, 0.1) is 4.90 Å². The van der Waals surface area contributed by atoms with Crippen LogP contribution in [0.25, 0.3) is 10.9 Å². The fourth-order valence-electron chi connectivity index (χ4n) is 5.35. The molecule has 0 bridgehead atoms. The number of aryl methyl sites for hydroxylation is 1. The highest BCUT2D eigenvalue weighted by Crippen LogP contribution is 2.39. The molecule has 2 N–H and O–H groups in total. The molecule has 0 saturated carbocycles. The van der Waals surface area contributed by atoms with Gasteiger partial charge in [-0.05, 0) is 54.0 Å². The Bertz CT molecular complexity index is 1350. The smallest absolute Gasteiger partial charge is 0.240 e. The highest BCUT2D eigenvalue weighted by atomic mass is 32.2. The zero-order chi connectivity index (χ0) is 23.4. The van der Waals surface area contributed by atoms with Crippen molar-refractivity contribution in [2.45, 2.75) is 51.5 Å². The fraction of sp³-hybridized carbons (Fsp3) is 0.423. The highest BCUT2D eigenvalue weighted by Gasteiger charge is 2.34. The number of carbonyl (C=O) groups excluding carboxylic acids is 1. The van der Waals surface area contributed by atoms with E-state index in [1.54, 1.807) is 13.0 Å². The lowest BCUT2D eigenvalue weighted by Gasteiger charge is -2.28. The molecule has 0 atom stereocenters. The quantitative estimate of drug-likeness (QED) is 0.597. The van der Waals surface area contributed by atoms with Gasteiger partial charge >= 0.3 is 0 Å². The van der Waals surface area contributed by atoms with Crippen LogP contribution in [0.15, 0.2) is 41.3 Å². The summed E-state index contributed by atoms with van der Waals surface area (Å²) in [6.45, 7) is 8.78. The SMILES string of the molecule is Cc1cc2c3c([nH]c2cc1S(=O)(=O)NCCN1CCc2ccccc2C1)CC(C)(C)CC3=O. The van der Waals surface area contributed by atoms with Gasteiger partial charge in [-0.25, -0.2) is 13.1 Å². The third-order valence-electron chi connectivity index (χ3n) is 6.96. The summed E-state index contributed by atoms with van der Waals surface area (Å²) in [6.07, 6.45) is 2.28. The number of ketones is 1. The lowest BCUT2D eigenvalue weighted by molar-refractivity contribution is 0.0913. The van der Waals surface area contributed by atoms with Crippen molar-refractivity contribution < 1.29 is 13.2 Å². The van der Waals surface area contributed by atoms with E-state index in [2.05, 4.69) is 52.7 Å². The van der Waals surface area contributed by atoms with Crippen LogP contribution in [0.2, 0.25) is 0 Å². The van der Waals surface area contributed by atoms with Gasteiger partial charge in [0.1, 0.15) is 0 Å². The Labute approximate surface area is 195 Å². The third-order valence-corrected chi connectivity index (χ3v) is 8.57. The van der Waals surface area contributed by atoms with E-state index >= 15 is 0 Å². The maximum absolute atomic E-state index is 13.1. The second-order valence-electron chi connectivity index (χ2n) is 10.3. The molecular weight excluding hydrogens is 434 g/mol. The molecule has 2 heterocycles. The monoisotopic (exact) mass is 465 g/mol. The first-order chi connectivity index (χ1) is 15.6. The van der Waals surface area contributed by atoms with Crippen molar-refractivity contribution in [2.75, 3.05) is 19.6 Å². The minimum atomic E-state index is -3.66. The van der Waals surface area contributed by atoms with E-state index in [0.717, 1.165) is 42.6 Å². The summed E-state index contributed by atoms with van der Waals surface area (Å²) in [4.78, 5) is 18.7. The first-order valence-electron chi connectivity index (χ1n) is 11.6. The molecule has 5 rings (SSSR count). The average molecular weight is 466 g/mol. The molecule has 1 aliphatic carbocycles. The van der Waals surface area contributed by atoms with Gasteiger partial charge < -0.3 is 4.98 Å². The van der Waals surface area contributed by atoms with Crippen LogP contribution < -0.4 is 4.72 Å². The van der Waals surface area contributed by atoms with Crippen molar-refractivity contribution in [3.63, 3.8) is 0 Å². The number of aromatic nitrogens is 1. The topological polar surface area (TPSA) is 82.3 Å². The summed E-state index contributed by atoms with van der Waals surface area (Å²) < 4.78 is 29.1. The van der Waals surface area contributed by atoms with Crippen molar-refractivity contribution in [3.8, 4) is 0 Å². The maximum Gasteiger partial charge on any atom is 0.240 e. The number of nitrogens with zero attached hydrogens (tertiary/aromatic N) is 1. The van der Waals surface area contributed by atoms with E-state index < -0.39 is 10.0 Å². The Morgan fingerprint density at radius 2 is 1.88 bits per heavy atom. The number of benzene rings is 2. The first-order valence-corrected chi connectivity index (χ1v) is 13.1. The Kier molecular flexibility index (Phi) is 5.46. The van der Waals surface area contributed by atoms with Gasteiger partial charge in [-0.1, -0.05) is 38.1 Å². The second kappa shape index (κ2) is 8.08. The Morgan fingerprint density at radius 3 is 2.67 bits per heavy atom. The minimum Gasteiger partial charge on any atom is -0.358 e. The molecule has 1 aromatic heterocycles. The Morgan fingerprint density at radius 1 is 1.12 bits per heavy atom. The van der Waals surface area contributed by atoms with Crippen LogP contribution >= 0.6 is 0 Å². The average Bonchev–Trinajstić information content (AvgIpc) is 3.08. The lowest BCUT2D eigenvalue weighted by atomic mass is 9.76. The van der Waals surface area contributed by atoms with E-state index in [9.17, 15) is 13.2 Å². The Hall–Kier alpha value is -2.48. The number of nitrogens with one attached hydrogen (secondary N) is 2. The molecule has 2 aliphatic rings. The fourth-order valence-corrected chi connectivity index (χ4v) is 6.62. The zero-order valence-corrected chi connectivity index (χ0v) is 20.3. The van der Waals surface area contributed by atoms with Crippen LogP contribution in [0.4, 0.5) is 0 Å².